The summed E-state index contributed by atoms with van der Waals surface area (Å²) < 4.78 is 0. The number of likely N-dealkylation sites (tertiary alicyclic amines) is 1. The first-order valence-electron chi connectivity index (χ1n) is 6.11. The van der Waals surface area contributed by atoms with E-state index in [-0.39, 0.29) is 10.8 Å². The van der Waals surface area contributed by atoms with Crippen LogP contribution in [0.15, 0.2) is 0 Å². The van der Waals surface area contributed by atoms with Gasteiger partial charge >= 0.3 is 0 Å². The Morgan fingerprint density at radius 2 is 2.13 bits per heavy atom. The third-order valence-corrected chi connectivity index (χ3v) is 4.47. The van der Waals surface area contributed by atoms with Crippen molar-refractivity contribution in [1.82, 2.24) is 4.90 Å². The normalized spacial score (nSPS) is 29.7. The first-order chi connectivity index (χ1) is 7.18. The average Bonchev–Trinajstić information content (AvgIpc) is 2.86. The van der Waals surface area contributed by atoms with Crippen LogP contribution in [-0.2, 0) is 4.79 Å². The molecular weight excluding hydrogens is 210 g/mol. The summed E-state index contributed by atoms with van der Waals surface area (Å²) in [5.41, 5.74) is -0.0268. The molecule has 2 fully saturated rings. The van der Waals surface area contributed by atoms with Crippen molar-refractivity contribution in [2.75, 3.05) is 13.1 Å². The Morgan fingerprint density at radius 3 is 2.60 bits per heavy atom. The number of nitrogens with zero attached hydrogens (tertiary/aromatic N) is 1. The molecule has 1 saturated heterocycles. The van der Waals surface area contributed by atoms with E-state index in [4.69, 9.17) is 11.6 Å². The summed E-state index contributed by atoms with van der Waals surface area (Å²) in [5, 5.41) is 0.184. The van der Waals surface area contributed by atoms with E-state index in [2.05, 4.69) is 6.92 Å². The molecule has 1 atom stereocenters. The van der Waals surface area contributed by atoms with Crippen molar-refractivity contribution in [3.8, 4) is 0 Å². The fourth-order valence-electron chi connectivity index (χ4n) is 3.01. The minimum absolute atomic E-state index is 0.0268. The van der Waals surface area contributed by atoms with Crippen LogP contribution in [0.5, 0.6) is 0 Å². The van der Waals surface area contributed by atoms with Crippen LogP contribution in [0.25, 0.3) is 0 Å². The SMILES string of the molecule is CCC1(C(=O)N2CCC(Cl)C2)CCCC1. The van der Waals surface area contributed by atoms with Crippen molar-refractivity contribution in [3.05, 3.63) is 0 Å². The molecule has 1 amide bonds. The highest BCUT2D eigenvalue weighted by atomic mass is 35.5. The maximum atomic E-state index is 12.4. The van der Waals surface area contributed by atoms with Gasteiger partial charge in [0.25, 0.3) is 0 Å². The minimum atomic E-state index is -0.0268. The van der Waals surface area contributed by atoms with E-state index in [9.17, 15) is 4.79 Å². The largest absolute Gasteiger partial charge is 0.341 e. The molecule has 0 aromatic rings. The van der Waals surface area contributed by atoms with Crippen LogP contribution in [0, 0.1) is 5.41 Å². The zero-order valence-electron chi connectivity index (χ0n) is 9.47. The van der Waals surface area contributed by atoms with Crippen LogP contribution in [-0.4, -0.2) is 29.3 Å². The molecule has 3 heteroatoms. The average molecular weight is 230 g/mol. The fraction of sp³-hybridized carbons (Fsp3) is 0.917. The van der Waals surface area contributed by atoms with Gasteiger partial charge in [0.1, 0.15) is 0 Å². The van der Waals surface area contributed by atoms with E-state index < -0.39 is 0 Å². The molecule has 1 aliphatic heterocycles. The second kappa shape index (κ2) is 4.32. The summed E-state index contributed by atoms with van der Waals surface area (Å²) in [6, 6.07) is 0. The molecule has 15 heavy (non-hydrogen) atoms. The molecule has 0 bridgehead atoms. The topological polar surface area (TPSA) is 20.3 Å². The molecule has 86 valence electrons. The van der Waals surface area contributed by atoms with Crippen molar-refractivity contribution < 1.29 is 4.79 Å². The molecule has 0 aromatic carbocycles. The van der Waals surface area contributed by atoms with Gasteiger partial charge in [-0.3, -0.25) is 4.79 Å². The van der Waals surface area contributed by atoms with Gasteiger partial charge in [0.05, 0.1) is 5.38 Å². The number of amides is 1. The van der Waals surface area contributed by atoms with Crippen molar-refractivity contribution in [1.29, 1.82) is 0 Å². The maximum Gasteiger partial charge on any atom is 0.228 e. The second-order valence-corrected chi connectivity index (χ2v) is 5.60. The van der Waals surface area contributed by atoms with E-state index in [0.29, 0.717) is 5.91 Å². The Kier molecular flexibility index (Phi) is 3.24. The quantitative estimate of drug-likeness (QED) is 0.667. The molecule has 2 aliphatic rings. The van der Waals surface area contributed by atoms with Gasteiger partial charge in [0, 0.05) is 18.5 Å². The molecule has 0 aromatic heterocycles. The predicted molar refractivity (Wildman–Crippen MR) is 62.0 cm³/mol. The Morgan fingerprint density at radius 1 is 1.47 bits per heavy atom. The summed E-state index contributed by atoms with van der Waals surface area (Å²) in [6.45, 7) is 3.79. The number of carbonyl (C=O) groups excluding carboxylic acids is 1. The van der Waals surface area contributed by atoms with Crippen LogP contribution in [0.3, 0.4) is 0 Å². The molecule has 1 saturated carbocycles. The Hall–Kier alpha value is -0.240. The van der Waals surface area contributed by atoms with Gasteiger partial charge < -0.3 is 4.90 Å². The lowest BCUT2D eigenvalue weighted by molar-refractivity contribution is -0.141. The third-order valence-electron chi connectivity index (χ3n) is 4.11. The molecule has 0 radical (unpaired) electrons. The molecule has 1 aliphatic carbocycles. The second-order valence-electron chi connectivity index (χ2n) is 4.98. The third kappa shape index (κ3) is 2.01. The predicted octanol–water partition coefficient (Wildman–Crippen LogP) is 2.80. The standard InChI is InChI=1S/C12H20ClNO/c1-2-12(6-3-4-7-12)11(15)14-8-5-10(13)9-14/h10H,2-9H2,1H3. The van der Waals surface area contributed by atoms with Crippen molar-refractivity contribution >= 4 is 17.5 Å². The number of hydrogen-bond acceptors (Lipinski definition) is 1. The lowest BCUT2D eigenvalue weighted by atomic mass is 9.82. The van der Waals surface area contributed by atoms with Gasteiger partial charge in [-0.05, 0) is 25.7 Å². The number of halogens is 1. The first-order valence-corrected chi connectivity index (χ1v) is 6.55. The van der Waals surface area contributed by atoms with Gasteiger partial charge in [0.15, 0.2) is 0 Å². The lowest BCUT2D eigenvalue weighted by Gasteiger charge is -2.31. The van der Waals surface area contributed by atoms with Crippen LogP contribution in [0.1, 0.15) is 45.4 Å². The highest BCUT2D eigenvalue weighted by Gasteiger charge is 2.43. The summed E-state index contributed by atoms with van der Waals surface area (Å²) in [6.07, 6.45) is 6.58. The Bertz CT molecular complexity index is 248. The van der Waals surface area contributed by atoms with Crippen LogP contribution in [0.2, 0.25) is 0 Å². The van der Waals surface area contributed by atoms with Gasteiger partial charge in [-0.15, -0.1) is 11.6 Å². The number of alkyl halides is 1. The fourth-order valence-corrected chi connectivity index (χ4v) is 3.27. The summed E-state index contributed by atoms with van der Waals surface area (Å²) in [4.78, 5) is 14.4. The highest BCUT2D eigenvalue weighted by Crippen LogP contribution is 2.43. The smallest absolute Gasteiger partial charge is 0.228 e. The molecule has 2 nitrogen and oxygen atoms in total. The van der Waals surface area contributed by atoms with E-state index >= 15 is 0 Å². The van der Waals surface area contributed by atoms with E-state index in [1.54, 1.807) is 0 Å². The Labute approximate surface area is 97.0 Å². The molecule has 0 spiro atoms. The highest BCUT2D eigenvalue weighted by molar-refractivity contribution is 6.21. The molecule has 0 N–H and O–H groups in total. The molecule has 2 rings (SSSR count). The summed E-state index contributed by atoms with van der Waals surface area (Å²) >= 11 is 6.05. The zero-order chi connectivity index (χ0) is 10.9. The van der Waals surface area contributed by atoms with E-state index in [1.165, 1.54) is 12.8 Å². The number of rotatable bonds is 2. The van der Waals surface area contributed by atoms with Crippen molar-refractivity contribution in [2.24, 2.45) is 5.41 Å². The van der Waals surface area contributed by atoms with E-state index in [0.717, 1.165) is 38.8 Å². The zero-order valence-corrected chi connectivity index (χ0v) is 10.2. The summed E-state index contributed by atoms with van der Waals surface area (Å²) in [5.74, 6) is 0.380. The van der Waals surface area contributed by atoms with Crippen LogP contribution in [0.4, 0.5) is 0 Å². The number of carbonyl (C=O) groups is 1. The molecular formula is C12H20ClNO. The van der Waals surface area contributed by atoms with Gasteiger partial charge in [0.2, 0.25) is 5.91 Å². The monoisotopic (exact) mass is 229 g/mol. The van der Waals surface area contributed by atoms with Crippen molar-refractivity contribution in [2.45, 2.75) is 50.8 Å². The van der Waals surface area contributed by atoms with Gasteiger partial charge in [-0.1, -0.05) is 19.8 Å². The van der Waals surface area contributed by atoms with E-state index in [1.807, 2.05) is 4.90 Å². The maximum absolute atomic E-state index is 12.4. The van der Waals surface area contributed by atoms with Gasteiger partial charge in [-0.25, -0.2) is 0 Å². The Balaban J connectivity index is 2.05. The van der Waals surface area contributed by atoms with Crippen molar-refractivity contribution in [3.63, 3.8) is 0 Å². The van der Waals surface area contributed by atoms with Gasteiger partial charge in [-0.2, -0.15) is 0 Å². The van der Waals surface area contributed by atoms with Crippen LogP contribution >= 0.6 is 11.6 Å². The first kappa shape index (κ1) is 11.3. The summed E-state index contributed by atoms with van der Waals surface area (Å²) in [7, 11) is 0. The molecule has 1 heterocycles. The minimum Gasteiger partial charge on any atom is -0.341 e. The number of hydrogen-bond donors (Lipinski definition) is 0. The van der Waals surface area contributed by atoms with Crippen LogP contribution < -0.4 is 0 Å². The molecule has 1 unspecified atom stereocenters. The lowest BCUT2D eigenvalue weighted by Crippen LogP contribution is -2.41.